The Morgan fingerprint density at radius 3 is 1.56 bits per heavy atom. The molecule has 0 aliphatic heterocycles. The number of alkyl halides is 3. The molecule has 0 saturated carbocycles. The average Bonchev–Trinajstić information content (AvgIpc) is 2.87. The molecular weight excluding hydrogens is 553 g/mol. The molecule has 0 saturated heterocycles. The second-order valence-corrected chi connectivity index (χ2v) is 11.6. The highest BCUT2D eigenvalue weighted by atomic mass is 79.9. The summed E-state index contributed by atoms with van der Waals surface area (Å²) in [5.41, 5.74) is 0.503. The first-order valence-corrected chi connectivity index (χ1v) is 12.9. The van der Waals surface area contributed by atoms with Crippen molar-refractivity contribution in [1.29, 1.82) is 0 Å². The summed E-state index contributed by atoms with van der Waals surface area (Å²) in [6.45, 7) is 1.72. The highest BCUT2D eigenvalue weighted by Crippen LogP contribution is 2.59. The van der Waals surface area contributed by atoms with Gasteiger partial charge in [0.15, 0.2) is 0 Å². The molecule has 4 rings (SSSR count). The Morgan fingerprint density at radius 2 is 1.17 bits per heavy atom. The summed E-state index contributed by atoms with van der Waals surface area (Å²) in [4.78, 5) is 11.8. The maximum Gasteiger partial charge on any atom is 0.471 e. The van der Waals surface area contributed by atoms with Crippen LogP contribution in [0, 0.1) is 12.7 Å². The number of benzene rings is 4. The van der Waals surface area contributed by atoms with Crippen LogP contribution in [0.4, 0.5) is 23.2 Å². The molecule has 0 fully saturated rings. The lowest BCUT2D eigenvalue weighted by molar-refractivity contribution is -0.167. The fourth-order valence-electron chi connectivity index (χ4n) is 4.25. The first kappa shape index (κ1) is 27.6. The third-order valence-corrected chi connectivity index (χ3v) is 10.3. The quantitative estimate of drug-likeness (QED) is 0.278. The van der Waals surface area contributed by atoms with Gasteiger partial charge in [-0.15, -0.1) is 0 Å². The number of hydrogen-bond donors (Lipinski definition) is 1. The summed E-state index contributed by atoms with van der Waals surface area (Å²) in [6.07, 6.45) is -4.92. The molecule has 4 aromatic carbocycles. The van der Waals surface area contributed by atoms with Crippen LogP contribution in [0.15, 0.2) is 103 Å². The van der Waals surface area contributed by atoms with Gasteiger partial charge in [-0.05, 0) is 55.0 Å². The van der Waals surface area contributed by atoms with E-state index in [0.29, 0.717) is 11.1 Å². The Morgan fingerprint density at radius 1 is 0.750 bits per heavy atom. The van der Waals surface area contributed by atoms with Gasteiger partial charge in [0, 0.05) is 5.56 Å². The van der Waals surface area contributed by atoms with Gasteiger partial charge in [-0.3, -0.25) is 4.79 Å². The van der Waals surface area contributed by atoms with Crippen LogP contribution in [0.1, 0.15) is 11.1 Å². The molecule has 1 N–H and O–H groups in total. The van der Waals surface area contributed by atoms with Crippen LogP contribution in [0.25, 0.3) is 0 Å². The van der Waals surface area contributed by atoms with Crippen LogP contribution >= 0.6 is 7.26 Å². The summed E-state index contributed by atoms with van der Waals surface area (Å²) in [6, 6.07) is 31.8. The van der Waals surface area contributed by atoms with Gasteiger partial charge in [-0.1, -0.05) is 60.7 Å². The van der Waals surface area contributed by atoms with Crippen LogP contribution in [0.3, 0.4) is 0 Å². The SMILES string of the molecule is Cc1ccc(F)c(NC(=O)C(F)(F)F)c1C[P+](c1ccccc1)(c1ccccc1)c1ccccc1.[Br-]. The number of halogens is 5. The molecule has 0 atom stereocenters. The molecule has 4 aromatic rings. The zero-order chi connectivity index (χ0) is 25.1. The number of hydrogen-bond acceptors (Lipinski definition) is 1. The van der Waals surface area contributed by atoms with E-state index in [0.717, 1.165) is 22.0 Å². The van der Waals surface area contributed by atoms with Crippen molar-refractivity contribution in [3.63, 3.8) is 0 Å². The monoisotopic (exact) mass is 575 g/mol. The molecule has 0 aliphatic carbocycles. The van der Waals surface area contributed by atoms with Crippen molar-refractivity contribution in [3.05, 3.63) is 120 Å². The van der Waals surface area contributed by atoms with Crippen LogP contribution in [-0.2, 0) is 11.0 Å². The number of rotatable bonds is 6. The standard InChI is InChI=1S/C28H22F4NOP.BrH/c1-20-17-18-25(29)26(33-27(34)28(30,31)32)24(20)19-35(21-11-5-2-6-12-21,22-13-7-3-8-14-22)23-15-9-4-10-16-23;/h2-18H,19H2,1H3;1H. The molecule has 0 aromatic heterocycles. The van der Waals surface area contributed by atoms with E-state index in [9.17, 15) is 22.4 Å². The molecule has 36 heavy (non-hydrogen) atoms. The lowest BCUT2D eigenvalue weighted by Gasteiger charge is -2.29. The molecule has 0 heterocycles. The summed E-state index contributed by atoms with van der Waals surface area (Å²) < 4.78 is 54.3. The molecule has 2 nitrogen and oxygen atoms in total. The van der Waals surface area contributed by atoms with E-state index in [-0.39, 0.29) is 23.1 Å². The second-order valence-electron chi connectivity index (χ2n) is 8.14. The van der Waals surface area contributed by atoms with E-state index >= 15 is 0 Å². The largest absolute Gasteiger partial charge is 1.00 e. The second kappa shape index (κ2) is 11.4. The van der Waals surface area contributed by atoms with Crippen molar-refractivity contribution in [2.75, 3.05) is 5.32 Å². The fraction of sp³-hybridized carbons (Fsp3) is 0.107. The van der Waals surface area contributed by atoms with Gasteiger partial charge >= 0.3 is 12.1 Å². The van der Waals surface area contributed by atoms with Crippen molar-refractivity contribution >= 4 is 34.8 Å². The minimum Gasteiger partial charge on any atom is -1.00 e. The Kier molecular flexibility index (Phi) is 8.70. The third-order valence-electron chi connectivity index (χ3n) is 5.98. The van der Waals surface area contributed by atoms with E-state index in [2.05, 4.69) is 0 Å². The predicted molar refractivity (Wildman–Crippen MR) is 135 cm³/mol. The van der Waals surface area contributed by atoms with Gasteiger partial charge in [-0.2, -0.15) is 13.2 Å². The Bertz CT molecular complexity index is 1220. The maximum absolute atomic E-state index is 15.0. The molecule has 0 aliphatic rings. The van der Waals surface area contributed by atoms with Gasteiger partial charge in [-0.25, -0.2) is 4.39 Å². The summed E-state index contributed by atoms with van der Waals surface area (Å²) in [5.74, 6) is -3.11. The summed E-state index contributed by atoms with van der Waals surface area (Å²) in [5, 5.41) is 4.80. The Labute approximate surface area is 218 Å². The van der Waals surface area contributed by atoms with Gasteiger partial charge in [0.25, 0.3) is 0 Å². The number of amides is 1. The van der Waals surface area contributed by atoms with Crippen LogP contribution in [-0.4, -0.2) is 12.1 Å². The van der Waals surface area contributed by atoms with E-state index in [1.54, 1.807) is 6.92 Å². The van der Waals surface area contributed by atoms with Gasteiger partial charge in [0.2, 0.25) is 0 Å². The van der Waals surface area contributed by atoms with Crippen molar-refractivity contribution in [2.45, 2.75) is 19.3 Å². The first-order valence-electron chi connectivity index (χ1n) is 10.9. The maximum atomic E-state index is 15.0. The van der Waals surface area contributed by atoms with Crippen LogP contribution < -0.4 is 38.2 Å². The normalized spacial score (nSPS) is 11.5. The number of nitrogens with one attached hydrogen (secondary N) is 1. The number of carbonyl (C=O) groups excluding carboxylic acids is 1. The molecule has 0 bridgehead atoms. The highest BCUT2D eigenvalue weighted by Gasteiger charge is 2.47. The van der Waals surface area contributed by atoms with Crippen molar-refractivity contribution < 1.29 is 39.3 Å². The number of carbonyl (C=O) groups is 1. The molecule has 8 heteroatoms. The number of aryl methyl sites for hydroxylation is 1. The molecule has 0 unspecified atom stereocenters. The van der Waals surface area contributed by atoms with E-state index < -0.39 is 30.9 Å². The Hall–Kier alpha value is -3.02. The smallest absolute Gasteiger partial charge is 0.471 e. The van der Waals surface area contributed by atoms with Crippen molar-refractivity contribution in [3.8, 4) is 0 Å². The van der Waals surface area contributed by atoms with Gasteiger partial charge in [0.05, 0.1) is 5.69 Å². The molecular formula is C28H23BrF4NOP. The predicted octanol–water partition coefficient (Wildman–Crippen LogP) is 3.13. The zero-order valence-corrected chi connectivity index (χ0v) is 21.7. The van der Waals surface area contributed by atoms with Gasteiger partial charge < -0.3 is 22.3 Å². The van der Waals surface area contributed by atoms with Crippen LogP contribution in [0.5, 0.6) is 0 Å². The molecule has 1 amide bonds. The minimum atomic E-state index is -5.14. The summed E-state index contributed by atoms with van der Waals surface area (Å²) >= 11 is 0. The highest BCUT2D eigenvalue weighted by molar-refractivity contribution is 7.95. The van der Waals surface area contributed by atoms with E-state index in [4.69, 9.17) is 0 Å². The van der Waals surface area contributed by atoms with Crippen molar-refractivity contribution in [2.24, 2.45) is 0 Å². The topological polar surface area (TPSA) is 29.1 Å². The minimum absolute atomic E-state index is 0. The van der Waals surface area contributed by atoms with Crippen LogP contribution in [0.2, 0.25) is 0 Å². The van der Waals surface area contributed by atoms with E-state index in [1.165, 1.54) is 6.07 Å². The lowest BCUT2D eigenvalue weighted by atomic mass is 10.1. The lowest BCUT2D eigenvalue weighted by Crippen LogP contribution is -3.00. The summed E-state index contributed by atoms with van der Waals surface area (Å²) in [7, 11) is -2.53. The number of anilines is 1. The molecule has 0 radical (unpaired) electrons. The average molecular weight is 576 g/mol. The molecule has 0 spiro atoms. The fourth-order valence-corrected chi connectivity index (χ4v) is 8.62. The zero-order valence-electron chi connectivity index (χ0n) is 19.3. The first-order chi connectivity index (χ1) is 16.7. The van der Waals surface area contributed by atoms with Gasteiger partial charge in [0.1, 0.15) is 35.2 Å². The molecule has 186 valence electrons. The van der Waals surface area contributed by atoms with Crippen molar-refractivity contribution in [1.82, 2.24) is 0 Å². The Balaban J connectivity index is 0.00000361. The third kappa shape index (κ3) is 5.53. The van der Waals surface area contributed by atoms with E-state index in [1.807, 2.05) is 96.3 Å².